The first-order valence-corrected chi connectivity index (χ1v) is 11.2. The van der Waals surface area contributed by atoms with Crippen LogP contribution >= 0.6 is 0 Å². The molecule has 0 unspecified atom stereocenters. The van der Waals surface area contributed by atoms with E-state index in [1.54, 1.807) is 29.3 Å². The van der Waals surface area contributed by atoms with Crippen LogP contribution < -0.4 is 10.6 Å². The third kappa shape index (κ3) is 4.56. The maximum atomic E-state index is 13.1. The second-order valence-corrected chi connectivity index (χ2v) is 8.94. The van der Waals surface area contributed by atoms with Crippen molar-refractivity contribution in [2.45, 2.75) is 31.7 Å². The van der Waals surface area contributed by atoms with Crippen LogP contribution in [-0.4, -0.2) is 74.0 Å². The van der Waals surface area contributed by atoms with Crippen molar-refractivity contribution in [3.63, 3.8) is 0 Å². The number of anilines is 1. The summed E-state index contributed by atoms with van der Waals surface area (Å²) in [5, 5.41) is 10.8. The molecule has 0 aliphatic carbocycles. The quantitative estimate of drug-likeness (QED) is 0.402. The van der Waals surface area contributed by atoms with Crippen LogP contribution in [0.15, 0.2) is 36.9 Å². The summed E-state index contributed by atoms with van der Waals surface area (Å²) < 4.78 is 27.9. The van der Waals surface area contributed by atoms with Gasteiger partial charge in [0.2, 0.25) is 5.95 Å². The van der Waals surface area contributed by atoms with Crippen LogP contribution in [0.5, 0.6) is 0 Å². The zero-order valence-electron chi connectivity index (χ0n) is 19.0. The average molecular weight is 469 g/mol. The van der Waals surface area contributed by atoms with E-state index in [1.165, 1.54) is 0 Å². The van der Waals surface area contributed by atoms with E-state index in [1.807, 2.05) is 12.1 Å². The number of aromatic nitrogens is 5. The molecule has 9 nitrogen and oxygen atoms in total. The number of piperidine rings is 1. The van der Waals surface area contributed by atoms with E-state index in [-0.39, 0.29) is 17.9 Å². The Kier molecular flexibility index (Phi) is 5.64. The normalized spacial score (nSPS) is 15.8. The second kappa shape index (κ2) is 8.64. The maximum absolute atomic E-state index is 13.1. The van der Waals surface area contributed by atoms with Gasteiger partial charge in [-0.2, -0.15) is 10.1 Å². The molecule has 5 heterocycles. The third-order valence-electron chi connectivity index (χ3n) is 6.12. The molecular weight excluding hydrogens is 442 g/mol. The van der Waals surface area contributed by atoms with Gasteiger partial charge < -0.3 is 20.5 Å². The van der Waals surface area contributed by atoms with E-state index < -0.39 is 12.5 Å². The Bertz CT molecular complexity index is 1330. The Balaban J connectivity index is 1.40. The Morgan fingerprint density at radius 3 is 2.85 bits per heavy atom. The first kappa shape index (κ1) is 22.2. The number of carbonyl (C=O) groups excluding carboxylic acids is 1. The highest BCUT2D eigenvalue weighted by atomic mass is 19.3. The molecular formula is C23H26F2N8O. The number of fused-ring (bicyclic) bond motifs is 2. The van der Waals surface area contributed by atoms with Crippen molar-refractivity contribution in [3.8, 4) is 11.1 Å². The fourth-order valence-corrected chi connectivity index (χ4v) is 4.20. The predicted octanol–water partition coefficient (Wildman–Crippen LogP) is 3.16. The highest BCUT2D eigenvalue weighted by molar-refractivity contribution is 6.02. The molecule has 11 heteroatoms. The van der Waals surface area contributed by atoms with Gasteiger partial charge >= 0.3 is 0 Å². The van der Waals surface area contributed by atoms with Crippen molar-refractivity contribution in [2.24, 2.45) is 0 Å². The van der Waals surface area contributed by atoms with Crippen molar-refractivity contribution < 1.29 is 13.6 Å². The Morgan fingerprint density at radius 2 is 2.09 bits per heavy atom. The van der Waals surface area contributed by atoms with Gasteiger partial charge in [0.25, 0.3) is 11.8 Å². The second-order valence-electron chi connectivity index (χ2n) is 8.94. The Labute approximate surface area is 194 Å². The predicted molar refractivity (Wildman–Crippen MR) is 125 cm³/mol. The Morgan fingerprint density at radius 1 is 1.29 bits per heavy atom. The highest BCUT2D eigenvalue weighted by Gasteiger charge is 2.22. The van der Waals surface area contributed by atoms with Gasteiger partial charge in [-0.05, 0) is 50.7 Å². The molecule has 1 aliphatic heterocycles. The number of aromatic amines is 1. The van der Waals surface area contributed by atoms with E-state index in [4.69, 9.17) is 0 Å². The van der Waals surface area contributed by atoms with E-state index in [2.05, 4.69) is 42.6 Å². The number of amides is 1. The summed E-state index contributed by atoms with van der Waals surface area (Å²) in [7, 11) is 2.08. The maximum Gasteiger partial charge on any atom is 0.262 e. The standard InChI is InChI=1S/C23H26F2N8O/c1-23(24,25)13-28-22-27-11-17-16(10-26-20(17)31-22)14-3-8-33-19(9-14)18(12-29-33)21(34)30-15-4-6-32(2)7-5-15/h3,8-12,15H,4-7,13H2,1-2H3,(H,30,34)(H2,26,27,28,31). The van der Waals surface area contributed by atoms with Gasteiger partial charge in [-0.25, -0.2) is 18.3 Å². The number of rotatable bonds is 6. The summed E-state index contributed by atoms with van der Waals surface area (Å²) in [4.78, 5) is 26.8. The molecule has 3 N–H and O–H groups in total. The van der Waals surface area contributed by atoms with Gasteiger partial charge in [-0.1, -0.05) is 0 Å². The summed E-state index contributed by atoms with van der Waals surface area (Å²) in [6, 6.07) is 3.96. The van der Waals surface area contributed by atoms with Crippen LogP contribution in [0.4, 0.5) is 14.7 Å². The molecule has 1 fully saturated rings. The molecule has 0 bridgehead atoms. The molecule has 0 radical (unpaired) electrons. The van der Waals surface area contributed by atoms with Crippen molar-refractivity contribution in [1.29, 1.82) is 0 Å². The summed E-state index contributed by atoms with van der Waals surface area (Å²) in [5.41, 5.74) is 3.44. The highest BCUT2D eigenvalue weighted by Crippen LogP contribution is 2.29. The van der Waals surface area contributed by atoms with Gasteiger partial charge in [0.15, 0.2) is 0 Å². The molecule has 0 aromatic carbocycles. The smallest absolute Gasteiger partial charge is 0.262 e. The lowest BCUT2D eigenvalue weighted by molar-refractivity contribution is 0.0366. The molecule has 34 heavy (non-hydrogen) atoms. The first-order valence-electron chi connectivity index (χ1n) is 11.2. The fraction of sp³-hybridized carbons (Fsp3) is 0.391. The third-order valence-corrected chi connectivity index (χ3v) is 6.12. The minimum absolute atomic E-state index is 0.126. The van der Waals surface area contributed by atoms with Crippen LogP contribution in [0.25, 0.3) is 27.7 Å². The van der Waals surface area contributed by atoms with Gasteiger partial charge in [0.05, 0.1) is 23.8 Å². The molecule has 5 rings (SSSR count). The molecule has 178 valence electrons. The van der Waals surface area contributed by atoms with Crippen molar-refractivity contribution in [1.82, 2.24) is 34.8 Å². The van der Waals surface area contributed by atoms with Gasteiger partial charge in [0, 0.05) is 42.5 Å². The number of halogens is 2. The summed E-state index contributed by atoms with van der Waals surface area (Å²) in [6.07, 6.45) is 8.62. The number of carbonyl (C=O) groups is 1. The first-order chi connectivity index (χ1) is 16.3. The fourth-order valence-electron chi connectivity index (χ4n) is 4.20. The van der Waals surface area contributed by atoms with Gasteiger partial charge in [0.1, 0.15) is 5.65 Å². The number of alkyl halides is 2. The largest absolute Gasteiger partial charge is 0.349 e. The molecule has 0 saturated carbocycles. The van der Waals surface area contributed by atoms with Crippen molar-refractivity contribution in [3.05, 3.63) is 42.5 Å². The molecule has 0 spiro atoms. The summed E-state index contributed by atoms with van der Waals surface area (Å²) >= 11 is 0. The zero-order chi connectivity index (χ0) is 23.9. The lowest BCUT2D eigenvalue weighted by Gasteiger charge is -2.29. The summed E-state index contributed by atoms with van der Waals surface area (Å²) in [6.45, 7) is 2.21. The van der Waals surface area contributed by atoms with Crippen LogP contribution in [0.3, 0.4) is 0 Å². The van der Waals surface area contributed by atoms with Crippen LogP contribution in [0, 0.1) is 0 Å². The van der Waals surface area contributed by atoms with Gasteiger partial charge in [-0.3, -0.25) is 4.79 Å². The average Bonchev–Trinajstić information content (AvgIpc) is 3.42. The number of likely N-dealkylation sites (tertiary alicyclic amines) is 1. The lowest BCUT2D eigenvalue weighted by atomic mass is 10.0. The number of hydrogen-bond donors (Lipinski definition) is 3. The van der Waals surface area contributed by atoms with Crippen molar-refractivity contribution in [2.75, 3.05) is 32.0 Å². The van der Waals surface area contributed by atoms with Crippen LogP contribution in [-0.2, 0) is 0 Å². The van der Waals surface area contributed by atoms with Crippen LogP contribution in [0.2, 0.25) is 0 Å². The van der Waals surface area contributed by atoms with E-state index >= 15 is 0 Å². The molecule has 1 amide bonds. The Hall–Kier alpha value is -3.60. The number of nitrogens with zero attached hydrogens (tertiary/aromatic N) is 5. The van der Waals surface area contributed by atoms with Crippen molar-refractivity contribution >= 4 is 28.4 Å². The van der Waals surface area contributed by atoms with E-state index in [9.17, 15) is 13.6 Å². The molecule has 1 saturated heterocycles. The SMILES string of the molecule is CN1CCC(NC(=O)c2cnn3ccc(-c4c[nH]c5nc(NCC(C)(F)F)ncc45)cc23)CC1. The molecule has 4 aromatic heterocycles. The number of H-pyrrole nitrogens is 1. The topological polar surface area (TPSA) is 103 Å². The zero-order valence-corrected chi connectivity index (χ0v) is 19.0. The number of nitrogens with one attached hydrogen (secondary N) is 3. The minimum Gasteiger partial charge on any atom is -0.349 e. The monoisotopic (exact) mass is 468 g/mol. The molecule has 1 aliphatic rings. The number of pyridine rings is 1. The molecule has 4 aromatic rings. The molecule has 0 atom stereocenters. The minimum atomic E-state index is -2.86. The van der Waals surface area contributed by atoms with Gasteiger partial charge in [-0.15, -0.1) is 0 Å². The van der Waals surface area contributed by atoms with E-state index in [0.29, 0.717) is 16.7 Å². The number of hydrogen-bond acceptors (Lipinski definition) is 6. The summed E-state index contributed by atoms with van der Waals surface area (Å²) in [5.74, 6) is -2.87. The van der Waals surface area contributed by atoms with Crippen LogP contribution in [0.1, 0.15) is 30.1 Å². The van der Waals surface area contributed by atoms with E-state index in [0.717, 1.165) is 49.4 Å². The lowest BCUT2D eigenvalue weighted by Crippen LogP contribution is -2.43.